The zero-order chi connectivity index (χ0) is 65.0. The Bertz CT molecular complexity index is 3560. The summed E-state index contributed by atoms with van der Waals surface area (Å²) in [4.78, 5) is 41.0. The molecule has 3 heteroatoms. The molecule has 7 aromatic rings. The molecule has 480 valence electrons. The molecule has 6 atom stereocenters. The van der Waals surface area contributed by atoms with E-state index in [4.69, 9.17) is 0 Å². The predicted molar refractivity (Wildman–Crippen MR) is 388 cm³/mol. The molecule has 0 N–H and O–H groups in total. The fraction of sp³-hybridized carbons (Fsp3) is 0.443. The maximum Gasteiger partial charge on any atom is 0.193 e. The lowest BCUT2D eigenvalue weighted by Crippen LogP contribution is -2.17. The molecule has 0 spiro atoms. The standard InChI is InChI=1S/C30H34O.C30H40O.C28H36O/c1-3-11-24-18-19-27(21-29(24)30(31)28-17-9-8-12-22(28)4-2)26-16-10-15-25(20-26)23-13-6-5-7-14-23;1-7-24-12-8-9-14-28(24)30(31)29-19-26(15-16-27(29)22(6)21(4)5)25-13-10-11-23(18-25)17-20(2)3;1-5-10-23-15-16-25(24-13-9-11-21(18-24)17-20(3)4)19-27(23)28(29)26-14-8-7-12-22(26)6-2/h5-9,12-14,17-19,21,25-26H,3-4,10-11,15-16,20H2,1-2H3;8-9,12,14-16,19-20,23,25H,7,10-11,13,17-18H2,1-6H3;5,7-8,10,12,14-16,19-21,24H,6,9,11,13,17-18H2,1-4H3/t;23-,25?;21-,24?/m.00/s1. The fourth-order valence-electron chi connectivity index (χ4n) is 15.6. The number of hydrogen-bond acceptors (Lipinski definition) is 3. The monoisotopic (exact) mass is 1210 g/mol. The van der Waals surface area contributed by atoms with Crippen LogP contribution in [0.2, 0.25) is 0 Å². The van der Waals surface area contributed by atoms with Gasteiger partial charge in [-0.05, 0) is 238 Å². The number of carbonyl (C=O) groups is 3. The second-order valence-corrected chi connectivity index (χ2v) is 28.2. The van der Waals surface area contributed by atoms with Crippen LogP contribution in [0.4, 0.5) is 0 Å². The quantitative estimate of drug-likeness (QED) is 0.0674. The number of rotatable bonds is 21. The molecule has 0 heterocycles. The Hall–Kier alpha value is -6.97. The van der Waals surface area contributed by atoms with Crippen LogP contribution in [-0.2, 0) is 25.7 Å². The van der Waals surface area contributed by atoms with Crippen LogP contribution in [0.3, 0.4) is 0 Å². The van der Waals surface area contributed by atoms with Crippen molar-refractivity contribution in [2.45, 2.75) is 229 Å². The number of ketones is 3. The fourth-order valence-corrected chi connectivity index (χ4v) is 15.6. The first-order valence-electron chi connectivity index (χ1n) is 35.7. The van der Waals surface area contributed by atoms with E-state index >= 15 is 0 Å². The first-order valence-corrected chi connectivity index (χ1v) is 35.7. The van der Waals surface area contributed by atoms with Crippen molar-refractivity contribution >= 4 is 29.0 Å². The highest BCUT2D eigenvalue weighted by molar-refractivity contribution is 6.13. The average Bonchev–Trinajstić information content (AvgIpc) is 1.39. The smallest absolute Gasteiger partial charge is 0.193 e. The van der Waals surface area contributed by atoms with Gasteiger partial charge in [-0.25, -0.2) is 0 Å². The molecule has 0 bridgehead atoms. The summed E-state index contributed by atoms with van der Waals surface area (Å²) in [5, 5.41) is 0. The summed E-state index contributed by atoms with van der Waals surface area (Å²) in [6.45, 7) is 26.3. The van der Waals surface area contributed by atoms with Crippen LogP contribution in [0.1, 0.15) is 306 Å². The molecule has 3 aliphatic carbocycles. The van der Waals surface area contributed by atoms with Crippen molar-refractivity contribution in [3.63, 3.8) is 0 Å². The van der Waals surface area contributed by atoms with Gasteiger partial charge < -0.3 is 0 Å². The van der Waals surface area contributed by atoms with E-state index in [9.17, 15) is 14.4 Å². The second-order valence-electron chi connectivity index (χ2n) is 28.2. The molecule has 0 aliphatic heterocycles. The van der Waals surface area contributed by atoms with Crippen molar-refractivity contribution < 1.29 is 14.4 Å². The first-order chi connectivity index (χ1) is 44.0. The molecule has 91 heavy (non-hydrogen) atoms. The van der Waals surface area contributed by atoms with Gasteiger partial charge in [0.15, 0.2) is 17.3 Å². The average molecular weight is 1220 g/mol. The lowest BCUT2D eigenvalue weighted by Gasteiger charge is -2.31. The summed E-state index contributed by atoms with van der Waals surface area (Å²) in [5.74, 6) is 5.99. The van der Waals surface area contributed by atoms with Crippen LogP contribution in [0, 0.1) is 23.7 Å². The van der Waals surface area contributed by atoms with E-state index in [1.165, 1.54) is 129 Å². The topological polar surface area (TPSA) is 51.2 Å². The minimum atomic E-state index is 0.159. The Kier molecular flexibility index (Phi) is 26.6. The molecule has 3 nitrogen and oxygen atoms in total. The van der Waals surface area contributed by atoms with Gasteiger partial charge in [0.2, 0.25) is 0 Å². The number of allylic oxidation sites excluding steroid dienone is 3. The summed E-state index contributed by atoms with van der Waals surface area (Å²) in [6.07, 6.45) is 26.6. The summed E-state index contributed by atoms with van der Waals surface area (Å²) in [7, 11) is 0. The Morgan fingerprint density at radius 1 is 0.407 bits per heavy atom. The summed E-state index contributed by atoms with van der Waals surface area (Å²) < 4.78 is 0. The summed E-state index contributed by atoms with van der Waals surface area (Å²) >= 11 is 0. The first kappa shape index (κ1) is 69.9. The lowest BCUT2D eigenvalue weighted by molar-refractivity contribution is 0.102. The molecule has 4 unspecified atom stereocenters. The largest absolute Gasteiger partial charge is 0.289 e. The Morgan fingerprint density at radius 2 is 0.813 bits per heavy atom. The predicted octanol–water partition coefficient (Wildman–Crippen LogP) is 24.3. The van der Waals surface area contributed by atoms with E-state index in [0.29, 0.717) is 23.7 Å². The van der Waals surface area contributed by atoms with Gasteiger partial charge in [-0.1, -0.05) is 251 Å². The highest BCUT2D eigenvalue weighted by Crippen LogP contribution is 2.44. The second kappa shape index (κ2) is 34.6. The number of hydrogen-bond donors (Lipinski definition) is 0. The van der Waals surface area contributed by atoms with Crippen molar-refractivity contribution in [2.75, 3.05) is 0 Å². The SMILES string of the molecule is CC=Cc1ccc(C2CCC[C@@H](CC(C)C)C2)cc1C(=O)c1ccccc1CC.CCCc1ccc(C2CCCC(c3ccccc3)C2)cc1C(=O)c1ccccc1CC.CCc1ccccc1C(=O)c1cc(C2CCC[C@@H](CC(C)C)C2)ccc1C(C)=C(C)C. The molecule has 3 saturated carbocycles. The lowest BCUT2D eigenvalue weighted by atomic mass is 9.74. The van der Waals surface area contributed by atoms with E-state index in [2.05, 4.69) is 185 Å². The van der Waals surface area contributed by atoms with Gasteiger partial charge in [-0.3, -0.25) is 14.4 Å². The van der Waals surface area contributed by atoms with Crippen LogP contribution >= 0.6 is 0 Å². The molecule has 0 saturated heterocycles. The van der Waals surface area contributed by atoms with Crippen LogP contribution in [-0.4, -0.2) is 17.3 Å². The highest BCUT2D eigenvalue weighted by Gasteiger charge is 2.30. The van der Waals surface area contributed by atoms with Crippen molar-refractivity contribution in [3.8, 4) is 0 Å². The Morgan fingerprint density at radius 3 is 1.29 bits per heavy atom. The third kappa shape index (κ3) is 18.6. The van der Waals surface area contributed by atoms with Crippen molar-refractivity contribution in [1.82, 2.24) is 0 Å². The van der Waals surface area contributed by atoms with Crippen molar-refractivity contribution in [3.05, 3.63) is 258 Å². The van der Waals surface area contributed by atoms with Gasteiger partial charge in [-0.15, -0.1) is 0 Å². The van der Waals surface area contributed by atoms with E-state index in [-0.39, 0.29) is 17.3 Å². The normalized spacial score (nSPS) is 19.1. The molecular formula is C88H110O3. The van der Waals surface area contributed by atoms with Crippen LogP contribution < -0.4 is 0 Å². The van der Waals surface area contributed by atoms with Crippen molar-refractivity contribution in [2.24, 2.45) is 23.7 Å². The van der Waals surface area contributed by atoms with E-state index < -0.39 is 0 Å². The maximum absolute atomic E-state index is 13.8. The van der Waals surface area contributed by atoms with E-state index in [1.807, 2.05) is 67.6 Å². The van der Waals surface area contributed by atoms with Crippen LogP contribution in [0.25, 0.3) is 11.6 Å². The van der Waals surface area contributed by atoms with Crippen molar-refractivity contribution in [1.29, 1.82) is 0 Å². The van der Waals surface area contributed by atoms with Crippen LogP contribution in [0.5, 0.6) is 0 Å². The third-order valence-corrected chi connectivity index (χ3v) is 20.5. The highest BCUT2D eigenvalue weighted by atomic mass is 16.1. The number of aryl methyl sites for hydroxylation is 4. The zero-order valence-corrected chi connectivity index (χ0v) is 57.9. The molecule has 7 aromatic carbocycles. The van der Waals surface area contributed by atoms with Gasteiger partial charge in [0, 0.05) is 33.4 Å². The van der Waals surface area contributed by atoms with E-state index in [1.54, 1.807) is 0 Å². The molecule has 3 aliphatic rings. The van der Waals surface area contributed by atoms with Gasteiger partial charge in [0.25, 0.3) is 0 Å². The summed E-state index contributed by atoms with van der Waals surface area (Å²) in [6, 6.07) is 55.3. The molecule has 0 radical (unpaired) electrons. The van der Waals surface area contributed by atoms with E-state index in [0.717, 1.165) is 117 Å². The molecular weight excluding hydrogens is 1100 g/mol. The number of benzene rings is 7. The zero-order valence-electron chi connectivity index (χ0n) is 57.9. The molecule has 3 fully saturated rings. The molecule has 0 amide bonds. The Balaban J connectivity index is 0.000000176. The van der Waals surface area contributed by atoms with Gasteiger partial charge >= 0.3 is 0 Å². The molecule has 0 aromatic heterocycles. The van der Waals surface area contributed by atoms with Crippen LogP contribution in [0.15, 0.2) is 169 Å². The Labute approximate surface area is 551 Å². The third-order valence-electron chi connectivity index (χ3n) is 20.5. The summed E-state index contributed by atoms with van der Waals surface area (Å²) in [5.41, 5.74) is 19.9. The molecule has 10 rings (SSSR count). The minimum absolute atomic E-state index is 0.159. The maximum atomic E-state index is 13.8. The van der Waals surface area contributed by atoms with Gasteiger partial charge in [-0.2, -0.15) is 0 Å². The minimum Gasteiger partial charge on any atom is -0.289 e. The van der Waals surface area contributed by atoms with Gasteiger partial charge in [0.1, 0.15) is 0 Å². The number of carbonyl (C=O) groups excluding carboxylic acids is 3. The van der Waals surface area contributed by atoms with Gasteiger partial charge in [0.05, 0.1) is 0 Å².